The molecule has 0 amide bonds. The Bertz CT molecular complexity index is 642. The molecule has 4 heterocycles. The second-order valence-corrected chi connectivity index (χ2v) is 5.44. The molecule has 0 radical (unpaired) electrons. The molecule has 2 aliphatic heterocycles. The highest BCUT2D eigenvalue weighted by Crippen LogP contribution is 2.31. The van der Waals surface area contributed by atoms with Gasteiger partial charge >= 0.3 is 11.9 Å². The maximum absolute atomic E-state index is 11.9. The van der Waals surface area contributed by atoms with Gasteiger partial charge in [0, 0.05) is 0 Å². The first-order valence-electron chi connectivity index (χ1n) is 7.44. The number of rotatable bonds is 4. The summed E-state index contributed by atoms with van der Waals surface area (Å²) in [4.78, 5) is 23.9. The molecule has 0 unspecified atom stereocenters. The van der Waals surface area contributed by atoms with Crippen molar-refractivity contribution < 1.29 is 37.4 Å². The number of ether oxygens (including phenoxy) is 4. The molecule has 0 spiro atoms. The monoisotopic (exact) mass is 334 g/mol. The van der Waals surface area contributed by atoms with Crippen LogP contribution >= 0.6 is 0 Å². The van der Waals surface area contributed by atoms with E-state index in [2.05, 4.69) is 0 Å². The van der Waals surface area contributed by atoms with Gasteiger partial charge in [0.25, 0.3) is 0 Å². The van der Waals surface area contributed by atoms with Gasteiger partial charge in [-0.25, -0.2) is 9.59 Å². The zero-order valence-corrected chi connectivity index (χ0v) is 12.5. The molecule has 2 aliphatic rings. The molecular formula is C16H14O8. The Labute approximate surface area is 136 Å². The molecule has 2 aromatic rings. The molecule has 2 saturated heterocycles. The summed E-state index contributed by atoms with van der Waals surface area (Å²) in [5.41, 5.74) is 0. The molecule has 2 aromatic heterocycles. The van der Waals surface area contributed by atoms with Gasteiger partial charge in [0.15, 0.2) is 12.2 Å². The van der Waals surface area contributed by atoms with E-state index in [-0.39, 0.29) is 24.7 Å². The van der Waals surface area contributed by atoms with Crippen LogP contribution in [0.3, 0.4) is 0 Å². The largest absolute Gasteiger partial charge is 0.457 e. The fourth-order valence-corrected chi connectivity index (χ4v) is 2.81. The van der Waals surface area contributed by atoms with E-state index in [1.54, 1.807) is 12.1 Å². The van der Waals surface area contributed by atoms with Crippen LogP contribution in [0, 0.1) is 0 Å². The highest BCUT2D eigenvalue weighted by Gasteiger charge is 2.51. The third kappa shape index (κ3) is 2.70. The second kappa shape index (κ2) is 6.14. The van der Waals surface area contributed by atoms with Crippen molar-refractivity contribution >= 4 is 11.9 Å². The summed E-state index contributed by atoms with van der Waals surface area (Å²) in [7, 11) is 0. The zero-order chi connectivity index (χ0) is 16.5. The molecule has 4 atom stereocenters. The molecule has 0 aromatic carbocycles. The summed E-state index contributed by atoms with van der Waals surface area (Å²) in [5.74, 6) is -0.961. The SMILES string of the molecule is O=C(O[C@H]1CO[C@H]2[C@@H]1OC[C@@H]2OC(=O)c1ccco1)c1ccco1. The first-order valence-corrected chi connectivity index (χ1v) is 7.44. The molecular weight excluding hydrogens is 320 g/mol. The van der Waals surface area contributed by atoms with Gasteiger partial charge in [-0.1, -0.05) is 0 Å². The van der Waals surface area contributed by atoms with Gasteiger partial charge in [-0.05, 0) is 24.3 Å². The highest BCUT2D eigenvalue weighted by atomic mass is 16.7. The molecule has 24 heavy (non-hydrogen) atoms. The van der Waals surface area contributed by atoms with Crippen LogP contribution in [0.2, 0.25) is 0 Å². The molecule has 0 saturated carbocycles. The van der Waals surface area contributed by atoms with E-state index in [1.807, 2.05) is 0 Å². The van der Waals surface area contributed by atoms with Crippen molar-refractivity contribution in [1.82, 2.24) is 0 Å². The van der Waals surface area contributed by atoms with Crippen LogP contribution in [0.1, 0.15) is 21.1 Å². The summed E-state index contributed by atoms with van der Waals surface area (Å²) in [5, 5.41) is 0. The van der Waals surface area contributed by atoms with Crippen molar-refractivity contribution in [3.63, 3.8) is 0 Å². The normalized spacial score (nSPS) is 28.5. The summed E-state index contributed by atoms with van der Waals surface area (Å²) in [6.07, 6.45) is 0.637. The summed E-state index contributed by atoms with van der Waals surface area (Å²) >= 11 is 0. The number of esters is 2. The Hall–Kier alpha value is -2.58. The van der Waals surface area contributed by atoms with Crippen molar-refractivity contribution in [2.75, 3.05) is 13.2 Å². The lowest BCUT2D eigenvalue weighted by Crippen LogP contribution is -2.35. The van der Waals surface area contributed by atoms with Crippen molar-refractivity contribution in [3.05, 3.63) is 48.3 Å². The quantitative estimate of drug-likeness (QED) is 0.775. The highest BCUT2D eigenvalue weighted by molar-refractivity contribution is 5.86. The number of hydrogen-bond acceptors (Lipinski definition) is 8. The molecule has 4 rings (SSSR count). The van der Waals surface area contributed by atoms with Crippen LogP contribution in [0.4, 0.5) is 0 Å². The maximum atomic E-state index is 11.9. The standard InChI is InChI=1S/C16H14O8/c17-15(9-3-1-5-19-9)23-11-7-21-14-12(8-22-13(11)14)24-16(18)10-4-2-6-20-10/h1-6,11-14H,7-8H2/t11-,12-,13+,14+/m0/s1. The average molecular weight is 334 g/mol. The lowest BCUT2D eigenvalue weighted by molar-refractivity contribution is -0.0307. The van der Waals surface area contributed by atoms with E-state index in [0.29, 0.717) is 0 Å². The molecule has 0 aliphatic carbocycles. The molecule has 8 heteroatoms. The van der Waals surface area contributed by atoms with E-state index in [0.717, 1.165) is 0 Å². The van der Waals surface area contributed by atoms with Gasteiger partial charge < -0.3 is 27.8 Å². The minimum absolute atomic E-state index is 0.109. The summed E-state index contributed by atoms with van der Waals surface area (Å²) in [6.45, 7) is 0.327. The van der Waals surface area contributed by atoms with E-state index in [1.165, 1.54) is 24.7 Å². The maximum Gasteiger partial charge on any atom is 0.374 e. The molecule has 0 bridgehead atoms. The summed E-state index contributed by atoms with van der Waals surface area (Å²) in [6, 6.07) is 6.22. The Balaban J connectivity index is 1.37. The molecule has 126 valence electrons. The van der Waals surface area contributed by atoms with Crippen molar-refractivity contribution in [3.8, 4) is 0 Å². The van der Waals surface area contributed by atoms with Crippen molar-refractivity contribution in [2.45, 2.75) is 24.4 Å². The fourth-order valence-electron chi connectivity index (χ4n) is 2.81. The van der Waals surface area contributed by atoms with Crippen LogP contribution in [-0.2, 0) is 18.9 Å². The van der Waals surface area contributed by atoms with Gasteiger partial charge in [-0.2, -0.15) is 0 Å². The third-order valence-electron chi connectivity index (χ3n) is 3.92. The predicted molar refractivity (Wildman–Crippen MR) is 75.3 cm³/mol. The zero-order valence-electron chi connectivity index (χ0n) is 12.5. The van der Waals surface area contributed by atoms with Gasteiger partial charge in [0.05, 0.1) is 25.7 Å². The molecule has 2 fully saturated rings. The van der Waals surface area contributed by atoms with Gasteiger partial charge in [0.2, 0.25) is 11.5 Å². The minimum Gasteiger partial charge on any atom is -0.457 e. The van der Waals surface area contributed by atoms with Crippen LogP contribution in [-0.4, -0.2) is 49.6 Å². The van der Waals surface area contributed by atoms with Crippen LogP contribution < -0.4 is 0 Å². The molecule has 8 nitrogen and oxygen atoms in total. The van der Waals surface area contributed by atoms with Crippen molar-refractivity contribution in [1.29, 1.82) is 0 Å². The van der Waals surface area contributed by atoms with Crippen molar-refractivity contribution in [2.24, 2.45) is 0 Å². The Kier molecular flexibility index (Phi) is 3.83. The first kappa shape index (κ1) is 15.0. The lowest BCUT2D eigenvalue weighted by Gasteiger charge is -2.16. The van der Waals surface area contributed by atoms with E-state index < -0.39 is 36.4 Å². The average Bonchev–Trinajstić information content (AvgIpc) is 3.36. The Morgan fingerprint density at radius 1 is 0.833 bits per heavy atom. The number of carbonyl (C=O) groups is 2. The van der Waals surface area contributed by atoms with E-state index in [4.69, 9.17) is 27.8 Å². The number of fused-ring (bicyclic) bond motifs is 1. The van der Waals surface area contributed by atoms with Crippen LogP contribution in [0.5, 0.6) is 0 Å². The first-order chi connectivity index (χ1) is 11.7. The van der Waals surface area contributed by atoms with Gasteiger partial charge in [0.1, 0.15) is 12.2 Å². The minimum atomic E-state index is -0.589. The Morgan fingerprint density at radius 3 is 1.67 bits per heavy atom. The lowest BCUT2D eigenvalue weighted by atomic mass is 10.1. The van der Waals surface area contributed by atoms with Gasteiger partial charge in [-0.15, -0.1) is 0 Å². The van der Waals surface area contributed by atoms with E-state index >= 15 is 0 Å². The Morgan fingerprint density at radius 2 is 1.29 bits per heavy atom. The van der Waals surface area contributed by atoms with Crippen LogP contribution in [0.15, 0.2) is 45.6 Å². The second-order valence-electron chi connectivity index (χ2n) is 5.44. The fraction of sp³-hybridized carbons (Fsp3) is 0.375. The number of carbonyl (C=O) groups excluding carboxylic acids is 2. The number of hydrogen-bond donors (Lipinski definition) is 0. The smallest absolute Gasteiger partial charge is 0.374 e. The van der Waals surface area contributed by atoms with E-state index in [9.17, 15) is 9.59 Å². The third-order valence-corrected chi connectivity index (χ3v) is 3.92. The topological polar surface area (TPSA) is 97.3 Å². The molecule has 0 N–H and O–H groups in total. The summed E-state index contributed by atoms with van der Waals surface area (Å²) < 4.78 is 31.9. The number of furan rings is 2. The predicted octanol–water partition coefficient (Wildman–Crippen LogP) is 1.42. The van der Waals surface area contributed by atoms with Crippen LogP contribution in [0.25, 0.3) is 0 Å². The van der Waals surface area contributed by atoms with Gasteiger partial charge in [-0.3, -0.25) is 0 Å².